The highest BCUT2D eigenvalue weighted by molar-refractivity contribution is 7.11. The largest absolute Gasteiger partial charge is 0.431 e. The maximum Gasteiger partial charge on any atom is 0.278 e. The Morgan fingerprint density at radius 3 is 2.54 bits per heavy atom. The van der Waals surface area contributed by atoms with Gasteiger partial charge in [-0.2, -0.15) is 0 Å². The van der Waals surface area contributed by atoms with Crippen molar-refractivity contribution in [1.29, 1.82) is 0 Å². The normalized spacial score (nSPS) is 10.5. The van der Waals surface area contributed by atoms with Crippen LogP contribution < -0.4 is 10.1 Å². The molecule has 0 unspecified atom stereocenters. The van der Waals surface area contributed by atoms with Crippen LogP contribution in [-0.2, 0) is 17.8 Å². The third-order valence-corrected chi connectivity index (χ3v) is 4.89. The van der Waals surface area contributed by atoms with Gasteiger partial charge >= 0.3 is 0 Å². The van der Waals surface area contributed by atoms with Gasteiger partial charge in [-0.05, 0) is 54.7 Å². The summed E-state index contributed by atoms with van der Waals surface area (Å²) in [5, 5.41) is 5.46. The van der Waals surface area contributed by atoms with Crippen LogP contribution in [0.5, 0.6) is 10.9 Å². The lowest BCUT2D eigenvalue weighted by Gasteiger charge is -2.08. The lowest BCUT2D eigenvalue weighted by molar-refractivity contribution is -0.121. The minimum Gasteiger partial charge on any atom is -0.431 e. The molecule has 0 aliphatic heterocycles. The fourth-order valence-electron chi connectivity index (χ4n) is 2.54. The van der Waals surface area contributed by atoms with Gasteiger partial charge in [0.1, 0.15) is 5.75 Å². The van der Waals surface area contributed by atoms with Crippen molar-refractivity contribution in [3.8, 4) is 10.9 Å². The third kappa shape index (κ3) is 5.17. The highest BCUT2D eigenvalue weighted by Crippen LogP contribution is 2.23. The summed E-state index contributed by atoms with van der Waals surface area (Å²) in [5.74, 6) is 0.802. The first-order valence-electron chi connectivity index (χ1n) is 8.59. The van der Waals surface area contributed by atoms with E-state index in [1.165, 1.54) is 28.0 Å². The van der Waals surface area contributed by atoms with E-state index in [1.807, 2.05) is 29.6 Å². The molecular weight excluding hydrogens is 344 g/mol. The number of nitrogens with one attached hydrogen (secondary N) is 1. The molecule has 5 heteroatoms. The van der Waals surface area contributed by atoms with Crippen molar-refractivity contribution >= 4 is 17.2 Å². The van der Waals surface area contributed by atoms with E-state index in [4.69, 9.17) is 4.74 Å². The molecule has 3 rings (SSSR count). The topological polar surface area (TPSA) is 51.2 Å². The van der Waals surface area contributed by atoms with Crippen LogP contribution in [0.15, 0.2) is 54.0 Å². The maximum absolute atomic E-state index is 12.1. The number of thiazole rings is 1. The quantitative estimate of drug-likeness (QED) is 0.653. The van der Waals surface area contributed by atoms with E-state index in [1.54, 1.807) is 6.20 Å². The second-order valence-corrected chi connectivity index (χ2v) is 7.10. The lowest BCUT2D eigenvalue weighted by atomic mass is 10.0. The van der Waals surface area contributed by atoms with Crippen LogP contribution >= 0.6 is 11.3 Å². The Kier molecular flexibility index (Phi) is 6.02. The zero-order valence-electron chi connectivity index (χ0n) is 15.0. The summed E-state index contributed by atoms with van der Waals surface area (Å²) in [5.41, 5.74) is 4.78. The minimum absolute atomic E-state index is 0.0614. The van der Waals surface area contributed by atoms with Crippen molar-refractivity contribution in [3.63, 3.8) is 0 Å². The van der Waals surface area contributed by atoms with Crippen LogP contribution in [0, 0.1) is 13.8 Å². The molecule has 4 nitrogen and oxygen atoms in total. The number of carbonyl (C=O) groups excluding carboxylic acids is 1. The highest BCUT2D eigenvalue weighted by atomic mass is 32.1. The van der Waals surface area contributed by atoms with E-state index in [-0.39, 0.29) is 5.91 Å². The fourth-order valence-corrected chi connectivity index (χ4v) is 3.05. The zero-order chi connectivity index (χ0) is 18.4. The van der Waals surface area contributed by atoms with Gasteiger partial charge in [-0.3, -0.25) is 4.79 Å². The third-order valence-electron chi connectivity index (χ3n) is 4.24. The molecular formula is C21H22N2O2S. The average molecular weight is 366 g/mol. The smallest absolute Gasteiger partial charge is 0.278 e. The summed E-state index contributed by atoms with van der Waals surface area (Å²) < 4.78 is 5.62. The van der Waals surface area contributed by atoms with Gasteiger partial charge in [0, 0.05) is 24.5 Å². The molecule has 0 aliphatic rings. The first-order valence-corrected chi connectivity index (χ1v) is 9.47. The van der Waals surface area contributed by atoms with Gasteiger partial charge in [0.05, 0.1) is 0 Å². The van der Waals surface area contributed by atoms with Gasteiger partial charge in [0.15, 0.2) is 0 Å². The second-order valence-electron chi connectivity index (χ2n) is 6.24. The summed E-state index contributed by atoms with van der Waals surface area (Å²) in [6.07, 6.45) is 2.96. The van der Waals surface area contributed by atoms with Gasteiger partial charge in [-0.25, -0.2) is 4.98 Å². The molecule has 0 fully saturated rings. The molecule has 2 aromatic carbocycles. The van der Waals surface area contributed by atoms with Crippen molar-refractivity contribution < 1.29 is 9.53 Å². The fraction of sp³-hybridized carbons (Fsp3) is 0.238. The SMILES string of the molecule is Cc1ccc(CCC(=O)NCc2ccc(Oc3nccs3)cc2)cc1C. The van der Waals surface area contributed by atoms with Crippen molar-refractivity contribution in [3.05, 3.63) is 76.3 Å². The van der Waals surface area contributed by atoms with Crippen LogP contribution in [0.4, 0.5) is 0 Å². The first-order chi connectivity index (χ1) is 12.6. The van der Waals surface area contributed by atoms with Crippen LogP contribution in [0.3, 0.4) is 0 Å². The number of nitrogens with zero attached hydrogens (tertiary/aromatic N) is 1. The molecule has 0 radical (unpaired) electrons. The van der Waals surface area contributed by atoms with Crippen molar-refractivity contribution in [2.75, 3.05) is 0 Å². The molecule has 1 aromatic heterocycles. The Balaban J connectivity index is 1.44. The van der Waals surface area contributed by atoms with E-state index in [2.05, 4.69) is 42.3 Å². The Labute approximate surface area is 157 Å². The predicted octanol–water partition coefficient (Wildman–Crippen LogP) is 4.80. The van der Waals surface area contributed by atoms with Crippen LogP contribution in [0.25, 0.3) is 0 Å². The summed E-state index contributed by atoms with van der Waals surface area (Å²) in [6, 6.07) is 14.0. The van der Waals surface area contributed by atoms with Crippen LogP contribution in [-0.4, -0.2) is 10.9 Å². The van der Waals surface area contributed by atoms with Crippen molar-refractivity contribution in [2.24, 2.45) is 0 Å². The van der Waals surface area contributed by atoms with Gasteiger partial charge in [-0.1, -0.05) is 41.7 Å². The van der Waals surface area contributed by atoms with E-state index in [9.17, 15) is 4.79 Å². The summed E-state index contributed by atoms with van der Waals surface area (Å²) >= 11 is 1.45. The minimum atomic E-state index is 0.0614. The molecule has 0 bridgehead atoms. The molecule has 1 heterocycles. The Morgan fingerprint density at radius 1 is 1.08 bits per heavy atom. The van der Waals surface area contributed by atoms with E-state index >= 15 is 0 Å². The van der Waals surface area contributed by atoms with Crippen molar-refractivity contribution in [1.82, 2.24) is 10.3 Å². The molecule has 134 valence electrons. The van der Waals surface area contributed by atoms with Gasteiger partial charge < -0.3 is 10.1 Å². The molecule has 0 saturated heterocycles. The Morgan fingerprint density at radius 2 is 1.85 bits per heavy atom. The van der Waals surface area contributed by atoms with Crippen LogP contribution in [0.2, 0.25) is 0 Å². The first kappa shape index (κ1) is 18.1. The summed E-state index contributed by atoms with van der Waals surface area (Å²) in [6.45, 7) is 4.71. The lowest BCUT2D eigenvalue weighted by Crippen LogP contribution is -2.22. The molecule has 26 heavy (non-hydrogen) atoms. The van der Waals surface area contributed by atoms with E-state index in [0.29, 0.717) is 18.2 Å². The number of benzene rings is 2. The second kappa shape index (κ2) is 8.63. The number of amides is 1. The Hall–Kier alpha value is -2.66. The van der Waals surface area contributed by atoms with E-state index in [0.717, 1.165) is 17.7 Å². The highest BCUT2D eigenvalue weighted by Gasteiger charge is 2.04. The average Bonchev–Trinajstić information content (AvgIpc) is 3.15. The molecule has 0 saturated carbocycles. The van der Waals surface area contributed by atoms with E-state index < -0.39 is 0 Å². The zero-order valence-corrected chi connectivity index (χ0v) is 15.8. The number of aromatic nitrogens is 1. The Bertz CT molecular complexity index is 858. The summed E-state index contributed by atoms with van der Waals surface area (Å²) in [4.78, 5) is 16.2. The molecule has 3 aromatic rings. The summed E-state index contributed by atoms with van der Waals surface area (Å²) in [7, 11) is 0. The number of ether oxygens (including phenoxy) is 1. The van der Waals surface area contributed by atoms with Gasteiger partial charge in [0.2, 0.25) is 5.91 Å². The molecule has 0 atom stereocenters. The van der Waals surface area contributed by atoms with Gasteiger partial charge in [-0.15, -0.1) is 0 Å². The number of rotatable bonds is 7. The van der Waals surface area contributed by atoms with Gasteiger partial charge in [0.25, 0.3) is 5.19 Å². The molecule has 1 N–H and O–H groups in total. The predicted molar refractivity (Wildman–Crippen MR) is 105 cm³/mol. The molecule has 1 amide bonds. The monoisotopic (exact) mass is 366 g/mol. The number of aryl methyl sites for hydroxylation is 3. The maximum atomic E-state index is 12.1. The number of carbonyl (C=O) groups is 1. The van der Waals surface area contributed by atoms with Crippen LogP contribution in [0.1, 0.15) is 28.7 Å². The molecule has 0 aliphatic carbocycles. The number of hydrogen-bond donors (Lipinski definition) is 1. The number of hydrogen-bond acceptors (Lipinski definition) is 4. The molecule has 0 spiro atoms. The van der Waals surface area contributed by atoms with Crippen molar-refractivity contribution in [2.45, 2.75) is 33.2 Å². The standard InChI is InChI=1S/C21H22N2O2S/c1-15-3-4-17(13-16(15)2)7-10-20(24)23-14-18-5-8-19(9-6-18)25-21-22-11-12-26-21/h3-6,8-9,11-13H,7,10,14H2,1-2H3,(H,23,24).